The van der Waals surface area contributed by atoms with E-state index in [0.29, 0.717) is 0 Å². The van der Waals surface area contributed by atoms with Crippen LogP contribution in [0, 0.1) is 17.2 Å². The van der Waals surface area contributed by atoms with Crippen molar-refractivity contribution in [3.8, 4) is 6.07 Å². The van der Waals surface area contributed by atoms with Gasteiger partial charge < -0.3 is 0 Å². The summed E-state index contributed by atoms with van der Waals surface area (Å²) in [4.78, 5) is 9.04. The third-order valence-electron chi connectivity index (χ3n) is 5.90. The van der Waals surface area contributed by atoms with Gasteiger partial charge in [-0.15, -0.1) is 0 Å². The number of hydrogen-bond acceptors (Lipinski definition) is 3. The van der Waals surface area contributed by atoms with Gasteiger partial charge in [0.25, 0.3) is 0 Å². The van der Waals surface area contributed by atoms with Crippen molar-refractivity contribution in [1.29, 1.82) is 5.26 Å². The minimum atomic E-state index is -0.345. The van der Waals surface area contributed by atoms with E-state index >= 15 is 0 Å². The fourth-order valence-electron chi connectivity index (χ4n) is 4.03. The summed E-state index contributed by atoms with van der Waals surface area (Å²) in [5.74, 6) is 1.73. The Morgan fingerprint density at radius 2 is 1.64 bits per heavy atom. The summed E-state index contributed by atoms with van der Waals surface area (Å²) in [7, 11) is 0. The van der Waals surface area contributed by atoms with Gasteiger partial charge in [0.2, 0.25) is 0 Å². The molecule has 1 fully saturated rings. The SMILES string of the molecule is CCCCCCCC1CCC(C#N)(c2cnc(CCCC)nc2)CC1. The van der Waals surface area contributed by atoms with Gasteiger partial charge in [0.05, 0.1) is 11.5 Å². The Bertz CT molecular complexity index is 521. The Labute approximate surface area is 154 Å². The standard InChI is InChI=1S/C22H35N3/c1-3-5-7-8-9-10-19-12-14-22(18-23,15-13-19)20-16-24-21(25-17-20)11-6-4-2/h16-17,19H,3-15H2,1-2H3. The lowest BCUT2D eigenvalue weighted by Gasteiger charge is -2.35. The molecule has 0 radical (unpaired) electrons. The maximum atomic E-state index is 9.86. The molecule has 2 rings (SSSR count). The molecule has 0 aromatic carbocycles. The molecule has 0 aliphatic heterocycles. The monoisotopic (exact) mass is 341 g/mol. The van der Waals surface area contributed by atoms with E-state index in [1.54, 1.807) is 0 Å². The number of unbranched alkanes of at least 4 members (excludes halogenated alkanes) is 5. The molecule has 1 heterocycles. The average molecular weight is 342 g/mol. The molecule has 0 bridgehead atoms. The van der Waals surface area contributed by atoms with Gasteiger partial charge in [-0.25, -0.2) is 9.97 Å². The molecule has 0 atom stereocenters. The molecule has 1 aromatic heterocycles. The maximum absolute atomic E-state index is 9.86. The van der Waals surface area contributed by atoms with E-state index in [1.807, 2.05) is 12.4 Å². The molecule has 0 spiro atoms. The first-order valence-corrected chi connectivity index (χ1v) is 10.5. The Hall–Kier alpha value is -1.43. The van der Waals surface area contributed by atoms with E-state index < -0.39 is 0 Å². The molecule has 1 aliphatic rings. The van der Waals surface area contributed by atoms with E-state index in [1.165, 1.54) is 51.4 Å². The quantitative estimate of drug-likeness (QED) is 0.481. The van der Waals surface area contributed by atoms with Gasteiger partial charge in [-0.1, -0.05) is 58.8 Å². The molecule has 138 valence electrons. The average Bonchev–Trinajstić information content (AvgIpc) is 2.67. The zero-order valence-electron chi connectivity index (χ0n) is 16.3. The summed E-state index contributed by atoms with van der Waals surface area (Å²) in [5.41, 5.74) is 0.693. The van der Waals surface area contributed by atoms with Crippen molar-refractivity contribution in [2.75, 3.05) is 0 Å². The van der Waals surface area contributed by atoms with Gasteiger partial charge in [0, 0.05) is 24.4 Å². The van der Waals surface area contributed by atoms with Crippen LogP contribution < -0.4 is 0 Å². The molecule has 25 heavy (non-hydrogen) atoms. The van der Waals surface area contributed by atoms with Gasteiger partial charge >= 0.3 is 0 Å². The molecular weight excluding hydrogens is 306 g/mol. The van der Waals surface area contributed by atoms with Crippen molar-refractivity contribution < 1.29 is 0 Å². The van der Waals surface area contributed by atoms with E-state index in [-0.39, 0.29) is 5.41 Å². The highest BCUT2D eigenvalue weighted by Crippen LogP contribution is 2.42. The van der Waals surface area contributed by atoms with Crippen LogP contribution in [-0.2, 0) is 11.8 Å². The van der Waals surface area contributed by atoms with Gasteiger partial charge in [-0.05, 0) is 38.0 Å². The molecule has 0 N–H and O–H groups in total. The van der Waals surface area contributed by atoms with E-state index in [9.17, 15) is 5.26 Å². The summed E-state index contributed by atoms with van der Waals surface area (Å²) >= 11 is 0. The van der Waals surface area contributed by atoms with Crippen LogP contribution in [0.4, 0.5) is 0 Å². The largest absolute Gasteiger partial charge is 0.241 e. The number of nitrogens with zero attached hydrogens (tertiary/aromatic N) is 3. The molecule has 3 nitrogen and oxygen atoms in total. The van der Waals surface area contributed by atoms with Crippen LogP contribution in [0.5, 0.6) is 0 Å². The predicted octanol–water partition coefficient (Wildman–Crippen LogP) is 6.13. The van der Waals surface area contributed by atoms with Crippen molar-refractivity contribution in [3.05, 3.63) is 23.8 Å². The predicted molar refractivity (Wildman–Crippen MR) is 103 cm³/mol. The Morgan fingerprint density at radius 3 is 2.24 bits per heavy atom. The smallest absolute Gasteiger partial charge is 0.128 e. The lowest BCUT2D eigenvalue weighted by molar-refractivity contribution is 0.260. The molecule has 0 saturated heterocycles. The van der Waals surface area contributed by atoms with Crippen LogP contribution in [0.15, 0.2) is 12.4 Å². The van der Waals surface area contributed by atoms with Crippen LogP contribution in [-0.4, -0.2) is 9.97 Å². The van der Waals surface area contributed by atoms with E-state index in [4.69, 9.17) is 0 Å². The van der Waals surface area contributed by atoms with Crippen molar-refractivity contribution in [1.82, 2.24) is 9.97 Å². The highest BCUT2D eigenvalue weighted by molar-refractivity contribution is 5.29. The number of nitriles is 1. The summed E-state index contributed by atoms with van der Waals surface area (Å²) in [6.45, 7) is 4.45. The fraction of sp³-hybridized carbons (Fsp3) is 0.773. The van der Waals surface area contributed by atoms with Crippen LogP contribution in [0.25, 0.3) is 0 Å². The zero-order valence-corrected chi connectivity index (χ0v) is 16.3. The van der Waals surface area contributed by atoms with Gasteiger partial charge in [-0.3, -0.25) is 0 Å². The normalized spacial score (nSPS) is 23.3. The minimum Gasteiger partial charge on any atom is -0.241 e. The first-order chi connectivity index (χ1) is 12.2. The number of aromatic nitrogens is 2. The molecule has 3 heteroatoms. The molecule has 1 aromatic rings. The highest BCUT2D eigenvalue weighted by Gasteiger charge is 2.37. The van der Waals surface area contributed by atoms with Crippen molar-refractivity contribution in [2.45, 2.75) is 103 Å². The second kappa shape index (κ2) is 10.5. The van der Waals surface area contributed by atoms with Crippen LogP contribution in [0.3, 0.4) is 0 Å². The Morgan fingerprint density at radius 1 is 1.00 bits per heavy atom. The van der Waals surface area contributed by atoms with Crippen molar-refractivity contribution in [3.63, 3.8) is 0 Å². The number of rotatable bonds is 10. The summed E-state index contributed by atoms with van der Waals surface area (Å²) in [6, 6.07) is 2.62. The van der Waals surface area contributed by atoms with Gasteiger partial charge in [-0.2, -0.15) is 5.26 Å². The molecule has 1 aliphatic carbocycles. The molecular formula is C22H35N3. The lowest BCUT2D eigenvalue weighted by Crippen LogP contribution is -2.30. The highest BCUT2D eigenvalue weighted by atomic mass is 14.9. The first kappa shape index (κ1) is 19.9. The van der Waals surface area contributed by atoms with Gasteiger partial charge in [0.15, 0.2) is 0 Å². The second-order valence-corrected chi connectivity index (χ2v) is 7.83. The van der Waals surface area contributed by atoms with Crippen molar-refractivity contribution in [2.24, 2.45) is 5.92 Å². The number of aryl methyl sites for hydroxylation is 1. The van der Waals surface area contributed by atoms with Crippen molar-refractivity contribution >= 4 is 0 Å². The first-order valence-electron chi connectivity index (χ1n) is 10.5. The summed E-state index contributed by atoms with van der Waals surface area (Å²) < 4.78 is 0. The molecule has 1 saturated carbocycles. The zero-order chi connectivity index (χ0) is 18.0. The Balaban J connectivity index is 1.85. The topological polar surface area (TPSA) is 49.6 Å². The third kappa shape index (κ3) is 5.80. The Kier molecular flexibility index (Phi) is 8.38. The van der Waals surface area contributed by atoms with Crippen LogP contribution >= 0.6 is 0 Å². The van der Waals surface area contributed by atoms with Crippen LogP contribution in [0.2, 0.25) is 0 Å². The summed E-state index contributed by atoms with van der Waals surface area (Å²) in [6.07, 6.45) is 19.5. The molecule has 0 unspecified atom stereocenters. The number of hydrogen-bond donors (Lipinski definition) is 0. The van der Waals surface area contributed by atoms with Crippen LogP contribution in [0.1, 0.15) is 102 Å². The minimum absolute atomic E-state index is 0.345. The van der Waals surface area contributed by atoms with Gasteiger partial charge in [0.1, 0.15) is 5.82 Å². The summed E-state index contributed by atoms with van der Waals surface area (Å²) in [5, 5.41) is 9.86. The third-order valence-corrected chi connectivity index (χ3v) is 5.90. The lowest BCUT2D eigenvalue weighted by atomic mass is 9.67. The maximum Gasteiger partial charge on any atom is 0.128 e. The molecule has 0 amide bonds. The fourth-order valence-corrected chi connectivity index (χ4v) is 4.03. The second-order valence-electron chi connectivity index (χ2n) is 7.83. The van der Waals surface area contributed by atoms with E-state index in [2.05, 4.69) is 29.9 Å². The van der Waals surface area contributed by atoms with E-state index in [0.717, 1.165) is 49.4 Å².